The van der Waals surface area contributed by atoms with Crippen molar-refractivity contribution in [3.05, 3.63) is 88.4 Å². The standard InChI is InChI=1S/C28H30ClNO6/c1-33-23-13-10-20(27(15-23)34-2)16-30-17-21(31)18-36-22-11-8-19(9-12-22)14-25(28(32)35-3)24-6-4-5-7-26(24)29/h4-15,21,30-31H,16-18H2,1-3H3/b25-14+. The topological polar surface area (TPSA) is 86.3 Å². The molecule has 190 valence electrons. The van der Waals surface area contributed by atoms with Gasteiger partial charge >= 0.3 is 5.97 Å². The minimum absolute atomic E-state index is 0.120. The first-order valence-corrected chi connectivity index (χ1v) is 11.7. The summed E-state index contributed by atoms with van der Waals surface area (Å²) in [6, 6.07) is 19.9. The van der Waals surface area contributed by atoms with Crippen molar-refractivity contribution in [2.45, 2.75) is 12.6 Å². The predicted octanol–water partition coefficient (Wildman–Crippen LogP) is 4.60. The molecule has 0 saturated carbocycles. The quantitative estimate of drug-likeness (QED) is 0.209. The van der Waals surface area contributed by atoms with Gasteiger partial charge < -0.3 is 29.4 Å². The molecule has 8 heteroatoms. The molecule has 3 aromatic carbocycles. The average molecular weight is 512 g/mol. The Morgan fingerprint density at radius 2 is 1.72 bits per heavy atom. The van der Waals surface area contributed by atoms with Gasteiger partial charge in [0.2, 0.25) is 0 Å². The molecule has 0 heterocycles. The lowest BCUT2D eigenvalue weighted by molar-refractivity contribution is -0.133. The second-order valence-corrected chi connectivity index (χ2v) is 8.28. The summed E-state index contributed by atoms with van der Waals surface area (Å²) >= 11 is 6.27. The van der Waals surface area contributed by atoms with E-state index in [1.54, 1.807) is 50.6 Å². The maximum atomic E-state index is 12.3. The minimum atomic E-state index is -0.708. The van der Waals surface area contributed by atoms with Crippen molar-refractivity contribution in [1.82, 2.24) is 5.32 Å². The summed E-state index contributed by atoms with van der Waals surface area (Å²) in [5, 5.41) is 14.0. The van der Waals surface area contributed by atoms with E-state index in [-0.39, 0.29) is 6.61 Å². The second-order valence-electron chi connectivity index (χ2n) is 7.87. The highest BCUT2D eigenvalue weighted by molar-refractivity contribution is 6.35. The molecule has 0 aliphatic carbocycles. The van der Waals surface area contributed by atoms with E-state index in [0.717, 1.165) is 16.9 Å². The SMILES string of the molecule is COC(=O)/C(=C/c1ccc(OCC(O)CNCc2ccc(OC)cc2OC)cc1)c1ccccc1Cl. The lowest BCUT2D eigenvalue weighted by Crippen LogP contribution is -2.31. The molecule has 0 bridgehead atoms. The molecule has 0 saturated heterocycles. The van der Waals surface area contributed by atoms with Gasteiger partial charge in [0.1, 0.15) is 30.0 Å². The molecule has 1 unspecified atom stereocenters. The van der Waals surface area contributed by atoms with Crippen molar-refractivity contribution in [1.29, 1.82) is 0 Å². The molecule has 0 fully saturated rings. The maximum Gasteiger partial charge on any atom is 0.338 e. The molecule has 0 radical (unpaired) electrons. The van der Waals surface area contributed by atoms with Crippen LogP contribution in [0, 0.1) is 0 Å². The highest BCUT2D eigenvalue weighted by atomic mass is 35.5. The molecular formula is C28H30ClNO6. The summed E-state index contributed by atoms with van der Waals surface area (Å²) in [4.78, 5) is 12.3. The van der Waals surface area contributed by atoms with Gasteiger partial charge in [0.25, 0.3) is 0 Å². The van der Waals surface area contributed by atoms with Gasteiger partial charge in [-0.3, -0.25) is 0 Å². The number of aliphatic hydroxyl groups is 1. The van der Waals surface area contributed by atoms with Gasteiger partial charge in [0, 0.05) is 35.3 Å². The largest absolute Gasteiger partial charge is 0.497 e. The first kappa shape index (κ1) is 27.1. The number of halogens is 1. The maximum absolute atomic E-state index is 12.3. The Morgan fingerprint density at radius 3 is 2.39 bits per heavy atom. The zero-order valence-electron chi connectivity index (χ0n) is 20.5. The number of rotatable bonds is 12. The van der Waals surface area contributed by atoms with Gasteiger partial charge in [-0.2, -0.15) is 0 Å². The smallest absolute Gasteiger partial charge is 0.338 e. The Balaban J connectivity index is 1.54. The van der Waals surface area contributed by atoms with Crippen LogP contribution in [0.4, 0.5) is 0 Å². The second kappa shape index (κ2) is 13.5. The summed E-state index contributed by atoms with van der Waals surface area (Å²) in [6.45, 7) is 0.991. The van der Waals surface area contributed by atoms with E-state index in [1.807, 2.05) is 36.4 Å². The highest BCUT2D eigenvalue weighted by Crippen LogP contribution is 2.27. The third kappa shape index (κ3) is 7.49. The molecule has 0 aliphatic rings. The van der Waals surface area contributed by atoms with E-state index in [2.05, 4.69) is 5.32 Å². The number of carbonyl (C=O) groups excluding carboxylic acids is 1. The Bertz CT molecular complexity index is 1180. The third-order valence-electron chi connectivity index (χ3n) is 5.39. The molecule has 1 atom stereocenters. The van der Waals surface area contributed by atoms with Crippen LogP contribution in [0.2, 0.25) is 5.02 Å². The van der Waals surface area contributed by atoms with Crippen LogP contribution < -0.4 is 19.5 Å². The van der Waals surface area contributed by atoms with Gasteiger partial charge in [-0.25, -0.2) is 4.79 Å². The fourth-order valence-corrected chi connectivity index (χ4v) is 3.72. The first-order chi connectivity index (χ1) is 17.4. The number of aliphatic hydroxyl groups excluding tert-OH is 1. The minimum Gasteiger partial charge on any atom is -0.497 e. The lowest BCUT2D eigenvalue weighted by atomic mass is 10.0. The Labute approximate surface area is 216 Å². The normalized spacial score (nSPS) is 12.1. The van der Waals surface area contributed by atoms with Crippen molar-refractivity contribution in [3.63, 3.8) is 0 Å². The van der Waals surface area contributed by atoms with Crippen molar-refractivity contribution in [2.24, 2.45) is 0 Å². The number of esters is 1. The number of methoxy groups -OCH3 is 3. The van der Waals surface area contributed by atoms with E-state index in [9.17, 15) is 9.90 Å². The van der Waals surface area contributed by atoms with E-state index < -0.39 is 12.1 Å². The monoisotopic (exact) mass is 511 g/mol. The molecule has 0 amide bonds. The third-order valence-corrected chi connectivity index (χ3v) is 5.72. The summed E-state index contributed by atoms with van der Waals surface area (Å²) in [5.41, 5.74) is 2.68. The Kier molecular flexibility index (Phi) is 10.2. The lowest BCUT2D eigenvalue weighted by Gasteiger charge is -2.15. The van der Waals surface area contributed by atoms with E-state index >= 15 is 0 Å². The highest BCUT2D eigenvalue weighted by Gasteiger charge is 2.15. The van der Waals surface area contributed by atoms with Gasteiger partial charge in [0.05, 0.1) is 26.9 Å². The van der Waals surface area contributed by atoms with Crippen LogP contribution in [0.5, 0.6) is 17.2 Å². The van der Waals surface area contributed by atoms with Crippen LogP contribution in [-0.4, -0.2) is 51.7 Å². The molecule has 36 heavy (non-hydrogen) atoms. The molecule has 0 aliphatic heterocycles. The van der Waals surface area contributed by atoms with Crippen molar-refractivity contribution in [2.75, 3.05) is 34.5 Å². The summed E-state index contributed by atoms with van der Waals surface area (Å²) in [7, 11) is 4.54. The number of nitrogens with one attached hydrogen (secondary N) is 1. The van der Waals surface area contributed by atoms with Crippen LogP contribution >= 0.6 is 11.6 Å². The van der Waals surface area contributed by atoms with Gasteiger partial charge in [-0.1, -0.05) is 48.0 Å². The zero-order valence-corrected chi connectivity index (χ0v) is 21.2. The molecule has 3 aromatic rings. The van der Waals surface area contributed by atoms with Crippen LogP contribution in [0.1, 0.15) is 16.7 Å². The van der Waals surface area contributed by atoms with E-state index in [1.165, 1.54) is 7.11 Å². The van der Waals surface area contributed by atoms with Gasteiger partial charge in [-0.15, -0.1) is 0 Å². The van der Waals surface area contributed by atoms with E-state index in [0.29, 0.717) is 40.7 Å². The first-order valence-electron chi connectivity index (χ1n) is 11.3. The fourth-order valence-electron chi connectivity index (χ4n) is 3.49. The van der Waals surface area contributed by atoms with Crippen molar-refractivity contribution in [3.8, 4) is 17.2 Å². The predicted molar refractivity (Wildman–Crippen MR) is 141 cm³/mol. The molecule has 7 nitrogen and oxygen atoms in total. The van der Waals surface area contributed by atoms with Gasteiger partial charge in [-0.05, 0) is 35.9 Å². The summed E-state index contributed by atoms with van der Waals surface area (Å²) in [5.74, 6) is 1.55. The summed E-state index contributed by atoms with van der Waals surface area (Å²) < 4.78 is 21.2. The number of hydrogen-bond donors (Lipinski definition) is 2. The van der Waals surface area contributed by atoms with Crippen molar-refractivity contribution >= 4 is 29.2 Å². The molecule has 3 rings (SSSR count). The number of benzene rings is 3. The van der Waals surface area contributed by atoms with Crippen LogP contribution in [0.15, 0.2) is 66.7 Å². The Hall–Kier alpha value is -3.52. The van der Waals surface area contributed by atoms with Crippen LogP contribution in [0.25, 0.3) is 11.6 Å². The number of carbonyl (C=O) groups is 1. The van der Waals surface area contributed by atoms with Crippen molar-refractivity contribution < 1.29 is 28.8 Å². The van der Waals surface area contributed by atoms with Gasteiger partial charge in [0.15, 0.2) is 0 Å². The number of ether oxygens (including phenoxy) is 4. The van der Waals surface area contributed by atoms with Crippen LogP contribution in [-0.2, 0) is 16.1 Å². The molecule has 0 aromatic heterocycles. The molecule has 0 spiro atoms. The Morgan fingerprint density at radius 1 is 1.00 bits per heavy atom. The summed E-state index contributed by atoms with van der Waals surface area (Å²) in [6.07, 6.45) is 1.00. The fraction of sp³-hybridized carbons (Fsp3) is 0.250. The molecule has 2 N–H and O–H groups in total. The van der Waals surface area contributed by atoms with Crippen LogP contribution in [0.3, 0.4) is 0 Å². The molecular weight excluding hydrogens is 482 g/mol. The zero-order chi connectivity index (χ0) is 25.9. The number of hydrogen-bond acceptors (Lipinski definition) is 7. The van der Waals surface area contributed by atoms with E-state index in [4.69, 9.17) is 30.5 Å². The average Bonchev–Trinajstić information content (AvgIpc) is 2.91.